The molecule has 0 saturated heterocycles. The van der Waals surface area contributed by atoms with Crippen molar-refractivity contribution in [1.29, 1.82) is 0 Å². The summed E-state index contributed by atoms with van der Waals surface area (Å²) in [6, 6.07) is 10.3. The van der Waals surface area contributed by atoms with Gasteiger partial charge in [-0.15, -0.1) is 10.2 Å². The van der Waals surface area contributed by atoms with E-state index in [4.69, 9.17) is 0 Å². The first-order chi connectivity index (χ1) is 11.2. The van der Waals surface area contributed by atoms with Crippen LogP contribution in [0.3, 0.4) is 0 Å². The minimum Gasteiger partial charge on any atom is -0.459 e. The average molecular weight is 351 g/mol. The van der Waals surface area contributed by atoms with E-state index in [1.54, 1.807) is 18.7 Å². The van der Waals surface area contributed by atoms with E-state index in [9.17, 15) is 9.59 Å². The van der Waals surface area contributed by atoms with Crippen LogP contribution >= 0.6 is 23.1 Å². The van der Waals surface area contributed by atoms with Gasteiger partial charge in [-0.1, -0.05) is 53.4 Å². The summed E-state index contributed by atoms with van der Waals surface area (Å²) in [4.78, 5) is 22.7. The molecule has 0 aliphatic carbocycles. The number of esters is 1. The second-order valence-electron chi connectivity index (χ2n) is 4.49. The van der Waals surface area contributed by atoms with E-state index in [1.807, 2.05) is 18.2 Å². The Balaban J connectivity index is 1.72. The predicted molar refractivity (Wildman–Crippen MR) is 90.7 cm³/mol. The SMILES string of the molecule is CCOC(=O)C(=O)Nc1nnc(SCCCc2ccccc2)s1. The molecule has 1 N–H and O–H groups in total. The van der Waals surface area contributed by atoms with E-state index in [0.717, 1.165) is 22.9 Å². The van der Waals surface area contributed by atoms with Gasteiger partial charge >= 0.3 is 11.9 Å². The van der Waals surface area contributed by atoms with Crippen LogP contribution in [0.15, 0.2) is 34.7 Å². The fourth-order valence-corrected chi connectivity index (χ4v) is 3.50. The molecule has 0 spiro atoms. The van der Waals surface area contributed by atoms with E-state index in [0.29, 0.717) is 5.13 Å². The number of aryl methyl sites for hydroxylation is 1. The average Bonchev–Trinajstić information content (AvgIpc) is 3.00. The first-order valence-corrected chi connectivity index (χ1v) is 8.97. The summed E-state index contributed by atoms with van der Waals surface area (Å²) in [6.07, 6.45) is 2.04. The molecule has 0 atom stereocenters. The van der Waals surface area contributed by atoms with Crippen LogP contribution in [0.1, 0.15) is 18.9 Å². The van der Waals surface area contributed by atoms with Crippen molar-refractivity contribution < 1.29 is 14.3 Å². The number of hydrogen-bond donors (Lipinski definition) is 1. The standard InChI is InChI=1S/C15H17N3O3S2/c1-2-21-13(20)12(19)16-14-17-18-15(23-14)22-10-6-9-11-7-4-3-5-8-11/h3-5,7-8H,2,6,9-10H2,1H3,(H,16,17,19). The third kappa shape index (κ3) is 5.99. The summed E-state index contributed by atoms with van der Waals surface area (Å²) >= 11 is 2.83. The number of rotatable bonds is 7. The van der Waals surface area contributed by atoms with Gasteiger partial charge in [0.05, 0.1) is 6.61 Å². The Hall–Kier alpha value is -1.93. The third-order valence-corrected chi connectivity index (χ3v) is 4.82. The van der Waals surface area contributed by atoms with Crippen molar-refractivity contribution in [2.24, 2.45) is 0 Å². The molecule has 0 aliphatic heterocycles. The molecule has 0 aliphatic rings. The van der Waals surface area contributed by atoms with Gasteiger partial charge in [0.1, 0.15) is 0 Å². The fraction of sp³-hybridized carbons (Fsp3) is 0.333. The molecule has 2 rings (SSSR count). The van der Waals surface area contributed by atoms with Crippen molar-refractivity contribution in [2.75, 3.05) is 17.7 Å². The van der Waals surface area contributed by atoms with Crippen LogP contribution in [0.5, 0.6) is 0 Å². The largest absolute Gasteiger partial charge is 0.459 e. The maximum Gasteiger partial charge on any atom is 0.397 e. The third-order valence-electron chi connectivity index (χ3n) is 2.77. The number of anilines is 1. The Kier molecular flexibility index (Phi) is 7.02. The van der Waals surface area contributed by atoms with Crippen molar-refractivity contribution in [3.05, 3.63) is 35.9 Å². The van der Waals surface area contributed by atoms with E-state index < -0.39 is 11.9 Å². The Labute approximate surface area is 142 Å². The van der Waals surface area contributed by atoms with Crippen LogP contribution in [-0.4, -0.2) is 34.4 Å². The molecule has 2 aromatic rings. The minimum atomic E-state index is -0.917. The number of thioether (sulfide) groups is 1. The van der Waals surface area contributed by atoms with Crippen LogP contribution in [0.4, 0.5) is 5.13 Å². The first kappa shape index (κ1) is 17.4. The molecule has 6 nitrogen and oxygen atoms in total. The van der Waals surface area contributed by atoms with Crippen LogP contribution in [-0.2, 0) is 20.7 Å². The first-order valence-electron chi connectivity index (χ1n) is 7.17. The smallest absolute Gasteiger partial charge is 0.397 e. The van der Waals surface area contributed by atoms with Gasteiger partial charge in [0.25, 0.3) is 0 Å². The molecular formula is C15H17N3O3S2. The monoisotopic (exact) mass is 351 g/mol. The normalized spacial score (nSPS) is 10.3. The number of carbonyl (C=O) groups is 2. The topological polar surface area (TPSA) is 81.2 Å². The zero-order chi connectivity index (χ0) is 16.5. The number of carbonyl (C=O) groups excluding carboxylic acids is 2. The number of nitrogens with one attached hydrogen (secondary N) is 1. The highest BCUT2D eigenvalue weighted by molar-refractivity contribution is 8.01. The molecule has 0 bridgehead atoms. The van der Waals surface area contributed by atoms with Gasteiger partial charge in [0, 0.05) is 5.75 Å². The summed E-state index contributed by atoms with van der Waals surface area (Å²) in [5.41, 5.74) is 1.31. The van der Waals surface area contributed by atoms with Crippen molar-refractivity contribution in [3.8, 4) is 0 Å². The molecule has 1 aromatic heterocycles. The molecule has 1 aromatic carbocycles. The van der Waals surface area contributed by atoms with Crippen molar-refractivity contribution in [1.82, 2.24) is 10.2 Å². The van der Waals surface area contributed by atoms with Crippen LogP contribution in [0.25, 0.3) is 0 Å². The van der Waals surface area contributed by atoms with Gasteiger partial charge in [-0.3, -0.25) is 10.1 Å². The van der Waals surface area contributed by atoms with Crippen molar-refractivity contribution >= 4 is 40.1 Å². The quantitative estimate of drug-likeness (QED) is 0.272. The summed E-state index contributed by atoms with van der Waals surface area (Å²) < 4.78 is 5.37. The molecule has 1 heterocycles. The summed E-state index contributed by atoms with van der Waals surface area (Å²) in [6.45, 7) is 1.80. The molecule has 23 heavy (non-hydrogen) atoms. The second kappa shape index (κ2) is 9.26. The highest BCUT2D eigenvalue weighted by atomic mass is 32.2. The van der Waals surface area contributed by atoms with Gasteiger partial charge in [-0.2, -0.15) is 0 Å². The van der Waals surface area contributed by atoms with Gasteiger partial charge in [-0.25, -0.2) is 4.79 Å². The van der Waals surface area contributed by atoms with Crippen LogP contribution in [0.2, 0.25) is 0 Å². The molecule has 0 unspecified atom stereocenters. The van der Waals surface area contributed by atoms with Crippen LogP contribution < -0.4 is 5.32 Å². The van der Waals surface area contributed by atoms with E-state index in [2.05, 4.69) is 32.4 Å². The van der Waals surface area contributed by atoms with Gasteiger partial charge in [-0.05, 0) is 25.3 Å². The number of amides is 1. The number of aromatic nitrogens is 2. The summed E-state index contributed by atoms with van der Waals surface area (Å²) in [7, 11) is 0. The molecule has 0 radical (unpaired) electrons. The Bertz CT molecular complexity index is 646. The van der Waals surface area contributed by atoms with E-state index in [-0.39, 0.29) is 6.61 Å². The number of nitrogens with zero attached hydrogens (tertiary/aromatic N) is 2. The number of hydrogen-bond acceptors (Lipinski definition) is 7. The maximum atomic E-state index is 11.5. The summed E-state index contributed by atoms with van der Waals surface area (Å²) in [5.74, 6) is -0.835. The lowest BCUT2D eigenvalue weighted by atomic mass is 10.1. The lowest BCUT2D eigenvalue weighted by Gasteiger charge is -2.00. The lowest BCUT2D eigenvalue weighted by Crippen LogP contribution is -2.24. The number of benzene rings is 1. The van der Waals surface area contributed by atoms with Gasteiger partial charge in [0.2, 0.25) is 5.13 Å². The predicted octanol–water partition coefficient (Wildman–Crippen LogP) is 2.76. The summed E-state index contributed by atoms with van der Waals surface area (Å²) in [5, 5.41) is 10.5. The van der Waals surface area contributed by atoms with Gasteiger partial charge in [0.15, 0.2) is 4.34 Å². The zero-order valence-corrected chi connectivity index (χ0v) is 14.3. The van der Waals surface area contributed by atoms with Crippen molar-refractivity contribution in [2.45, 2.75) is 24.1 Å². The molecule has 8 heteroatoms. The maximum absolute atomic E-state index is 11.5. The van der Waals surface area contributed by atoms with E-state index in [1.165, 1.54) is 16.9 Å². The second-order valence-corrected chi connectivity index (χ2v) is 6.80. The highest BCUT2D eigenvalue weighted by Crippen LogP contribution is 2.26. The fourth-order valence-electron chi connectivity index (χ4n) is 1.74. The Morgan fingerprint density at radius 2 is 2.04 bits per heavy atom. The van der Waals surface area contributed by atoms with Gasteiger partial charge < -0.3 is 4.74 Å². The Morgan fingerprint density at radius 3 is 2.78 bits per heavy atom. The Morgan fingerprint density at radius 1 is 1.26 bits per heavy atom. The molecule has 0 saturated carbocycles. The number of ether oxygens (including phenoxy) is 1. The van der Waals surface area contributed by atoms with Crippen molar-refractivity contribution in [3.63, 3.8) is 0 Å². The molecule has 122 valence electrons. The van der Waals surface area contributed by atoms with Crippen LogP contribution in [0, 0.1) is 0 Å². The van der Waals surface area contributed by atoms with E-state index >= 15 is 0 Å². The lowest BCUT2D eigenvalue weighted by molar-refractivity contribution is -0.152. The minimum absolute atomic E-state index is 0.158. The molecule has 1 amide bonds. The highest BCUT2D eigenvalue weighted by Gasteiger charge is 2.17. The zero-order valence-electron chi connectivity index (χ0n) is 12.7. The molecule has 0 fully saturated rings. The molecular weight excluding hydrogens is 334 g/mol.